The number of carbonyl (C=O) groups is 2. The zero-order valence-electron chi connectivity index (χ0n) is 25.4. The molecule has 42 heavy (non-hydrogen) atoms. The zero-order chi connectivity index (χ0) is 30.0. The smallest absolute Gasteiger partial charge is 0.256 e. The number of piperidine rings is 1. The van der Waals surface area contributed by atoms with Gasteiger partial charge in [0.05, 0.1) is 29.6 Å². The molecule has 2 saturated heterocycles. The Morgan fingerprint density at radius 2 is 1.86 bits per heavy atom. The average Bonchev–Trinajstić information content (AvgIpc) is 3.57. The lowest BCUT2D eigenvalue weighted by Crippen LogP contribution is -2.41. The van der Waals surface area contributed by atoms with Crippen LogP contribution in [0.3, 0.4) is 0 Å². The van der Waals surface area contributed by atoms with Gasteiger partial charge in [-0.15, -0.1) is 0 Å². The molecule has 2 aliphatic rings. The van der Waals surface area contributed by atoms with Crippen LogP contribution in [-0.2, 0) is 11.2 Å². The topological polar surface area (TPSA) is 81.9 Å². The van der Waals surface area contributed by atoms with E-state index in [1.807, 2.05) is 35.7 Å². The summed E-state index contributed by atoms with van der Waals surface area (Å²) in [5.74, 6) is 0.531. The average molecular weight is 578 g/mol. The van der Waals surface area contributed by atoms with E-state index in [4.69, 9.17) is 5.11 Å². The fourth-order valence-electron chi connectivity index (χ4n) is 6.65. The number of hydrogen-bond donors (Lipinski definition) is 1. The number of aryl methyl sites for hydroxylation is 1. The lowest BCUT2D eigenvalue weighted by molar-refractivity contribution is -0.133. The van der Waals surface area contributed by atoms with Crippen molar-refractivity contribution in [1.29, 1.82) is 0 Å². The molecular formula is C33H44FN5O3. The van der Waals surface area contributed by atoms with E-state index >= 15 is 0 Å². The molecule has 3 aromatic rings. The Labute approximate surface area is 248 Å². The van der Waals surface area contributed by atoms with Crippen molar-refractivity contribution in [2.75, 3.05) is 46.4 Å². The van der Waals surface area contributed by atoms with Crippen LogP contribution >= 0.6 is 0 Å². The molecule has 0 bridgehead atoms. The van der Waals surface area contributed by atoms with Crippen molar-refractivity contribution in [3.05, 3.63) is 59.3 Å². The molecule has 0 unspecified atom stereocenters. The monoisotopic (exact) mass is 577 g/mol. The maximum Gasteiger partial charge on any atom is 0.256 e. The Kier molecular flexibility index (Phi) is 9.28. The van der Waals surface area contributed by atoms with Crippen molar-refractivity contribution in [2.24, 2.45) is 11.8 Å². The molecule has 1 N–H and O–H groups in total. The van der Waals surface area contributed by atoms with Crippen LogP contribution in [-0.4, -0.2) is 93.6 Å². The van der Waals surface area contributed by atoms with Gasteiger partial charge in [-0.1, -0.05) is 0 Å². The van der Waals surface area contributed by atoms with Gasteiger partial charge in [-0.05, 0) is 94.2 Å². The van der Waals surface area contributed by atoms with Gasteiger partial charge in [0.25, 0.3) is 5.91 Å². The summed E-state index contributed by atoms with van der Waals surface area (Å²) in [7, 11) is 1.75. The van der Waals surface area contributed by atoms with Gasteiger partial charge in [0.1, 0.15) is 5.82 Å². The number of fused-ring (bicyclic) bond motifs is 1. The van der Waals surface area contributed by atoms with Crippen molar-refractivity contribution in [3.8, 4) is 5.69 Å². The Balaban J connectivity index is 1.33. The molecule has 9 heteroatoms. The molecule has 5 rings (SSSR count). The van der Waals surface area contributed by atoms with Gasteiger partial charge in [-0.2, -0.15) is 0 Å². The molecule has 0 radical (unpaired) electrons. The van der Waals surface area contributed by atoms with Crippen LogP contribution in [0.15, 0.2) is 36.8 Å². The molecule has 0 spiro atoms. The van der Waals surface area contributed by atoms with Gasteiger partial charge in [0.2, 0.25) is 5.91 Å². The Hall–Kier alpha value is -3.30. The van der Waals surface area contributed by atoms with Gasteiger partial charge in [0, 0.05) is 63.5 Å². The number of rotatable bonds is 9. The first-order chi connectivity index (χ1) is 20.2. The van der Waals surface area contributed by atoms with Crippen molar-refractivity contribution >= 4 is 22.7 Å². The Morgan fingerprint density at radius 3 is 2.57 bits per heavy atom. The van der Waals surface area contributed by atoms with Gasteiger partial charge in [-0.3, -0.25) is 14.6 Å². The summed E-state index contributed by atoms with van der Waals surface area (Å²) >= 11 is 0. The van der Waals surface area contributed by atoms with Gasteiger partial charge in [-0.25, -0.2) is 4.39 Å². The lowest BCUT2D eigenvalue weighted by Gasteiger charge is -2.34. The van der Waals surface area contributed by atoms with Crippen molar-refractivity contribution in [1.82, 2.24) is 24.3 Å². The predicted octanol–water partition coefficient (Wildman–Crippen LogP) is 4.44. The van der Waals surface area contributed by atoms with E-state index in [2.05, 4.69) is 23.0 Å². The van der Waals surface area contributed by atoms with Crippen molar-refractivity contribution in [2.45, 2.75) is 58.9 Å². The second-order valence-electron chi connectivity index (χ2n) is 12.5. The number of likely N-dealkylation sites (tertiary alicyclic amines) is 2. The number of pyridine rings is 1. The summed E-state index contributed by atoms with van der Waals surface area (Å²) in [5.41, 5.74) is 4.25. The fraction of sp³-hybridized carbons (Fsp3) is 0.545. The molecule has 2 aliphatic heterocycles. The molecule has 1 aromatic carbocycles. The van der Waals surface area contributed by atoms with E-state index in [1.54, 1.807) is 18.0 Å². The number of aliphatic hydroxyl groups excluding tert-OH is 1. The molecule has 8 nitrogen and oxygen atoms in total. The number of benzene rings is 1. The number of carbonyl (C=O) groups excluding carboxylic acids is 2. The van der Waals surface area contributed by atoms with E-state index in [1.165, 1.54) is 17.7 Å². The van der Waals surface area contributed by atoms with Crippen LogP contribution in [0.5, 0.6) is 0 Å². The predicted molar refractivity (Wildman–Crippen MR) is 162 cm³/mol. The minimum Gasteiger partial charge on any atom is -0.396 e. The first kappa shape index (κ1) is 30.2. The zero-order valence-corrected chi connectivity index (χ0v) is 25.4. The number of hydrogen-bond acceptors (Lipinski definition) is 5. The highest BCUT2D eigenvalue weighted by molar-refractivity contribution is 5.99. The summed E-state index contributed by atoms with van der Waals surface area (Å²) in [6.45, 7) is 10.6. The first-order valence-corrected chi connectivity index (χ1v) is 15.3. The lowest BCUT2D eigenvalue weighted by atomic mass is 9.95. The maximum absolute atomic E-state index is 14.4. The SMILES string of the molecule is Cc1cncc2c1c(C[C@H]1CCN(CC3CCN(C(=O)CCO)CC3)C1)cn2-c1ccc(F)cc1C(=O)N(C)C(C)C. The number of amides is 2. The second-order valence-corrected chi connectivity index (χ2v) is 12.5. The number of halogens is 1. The van der Waals surface area contributed by atoms with Crippen LogP contribution in [0.2, 0.25) is 0 Å². The van der Waals surface area contributed by atoms with Crippen molar-refractivity contribution in [3.63, 3.8) is 0 Å². The third kappa shape index (κ3) is 6.37. The number of aliphatic hydroxyl groups is 1. The summed E-state index contributed by atoms with van der Waals surface area (Å²) in [5, 5.41) is 10.2. The van der Waals surface area contributed by atoms with E-state index in [0.717, 1.165) is 74.9 Å². The first-order valence-electron chi connectivity index (χ1n) is 15.3. The largest absolute Gasteiger partial charge is 0.396 e. The molecule has 0 aliphatic carbocycles. The highest BCUT2D eigenvalue weighted by atomic mass is 19.1. The number of aromatic nitrogens is 2. The Bertz CT molecular complexity index is 1430. The summed E-state index contributed by atoms with van der Waals surface area (Å²) in [4.78, 5) is 36.1. The number of nitrogens with zero attached hydrogens (tertiary/aromatic N) is 5. The molecule has 226 valence electrons. The van der Waals surface area contributed by atoms with E-state index in [9.17, 15) is 14.0 Å². The van der Waals surface area contributed by atoms with E-state index < -0.39 is 5.82 Å². The van der Waals surface area contributed by atoms with E-state index in [0.29, 0.717) is 23.1 Å². The van der Waals surface area contributed by atoms with Crippen LogP contribution in [0.4, 0.5) is 4.39 Å². The summed E-state index contributed by atoms with van der Waals surface area (Å²) in [6, 6.07) is 4.44. The van der Waals surface area contributed by atoms with Crippen molar-refractivity contribution < 1.29 is 19.1 Å². The van der Waals surface area contributed by atoms with Crippen LogP contribution in [0.25, 0.3) is 16.6 Å². The minimum atomic E-state index is -0.432. The van der Waals surface area contributed by atoms with Gasteiger partial charge >= 0.3 is 0 Å². The molecule has 2 amide bonds. The quantitative estimate of drug-likeness (QED) is 0.407. The molecule has 0 saturated carbocycles. The summed E-state index contributed by atoms with van der Waals surface area (Å²) < 4.78 is 16.4. The van der Waals surface area contributed by atoms with Crippen LogP contribution in [0, 0.1) is 24.6 Å². The van der Waals surface area contributed by atoms with Crippen LogP contribution in [0.1, 0.15) is 61.0 Å². The highest BCUT2D eigenvalue weighted by Crippen LogP contribution is 2.33. The summed E-state index contributed by atoms with van der Waals surface area (Å²) in [6.07, 6.45) is 10.2. The Morgan fingerprint density at radius 1 is 1.12 bits per heavy atom. The van der Waals surface area contributed by atoms with E-state index in [-0.39, 0.29) is 30.9 Å². The molecular weight excluding hydrogens is 533 g/mol. The molecule has 4 heterocycles. The fourth-order valence-corrected chi connectivity index (χ4v) is 6.65. The normalized spacial score (nSPS) is 18.4. The van der Waals surface area contributed by atoms with Gasteiger partial charge in [0.15, 0.2) is 0 Å². The maximum atomic E-state index is 14.4. The standard InChI is InChI=1S/C33H44FN5O3/c1-22(2)36(4)33(42)28-16-27(34)5-6-29(28)39-21-26(32-23(3)17-35-18-30(32)39)15-25-7-11-37(20-25)19-24-8-12-38(13-9-24)31(41)10-14-40/h5-6,16-18,21-22,24-25,40H,7-15,19-20H2,1-4H3/t25-/m1/s1. The third-order valence-electron chi connectivity index (χ3n) is 9.21. The minimum absolute atomic E-state index is 0.0129. The molecule has 1 atom stereocenters. The van der Waals surface area contributed by atoms with Crippen LogP contribution < -0.4 is 0 Å². The second kappa shape index (κ2) is 12.9. The molecule has 2 aromatic heterocycles. The third-order valence-corrected chi connectivity index (χ3v) is 9.21. The van der Waals surface area contributed by atoms with Gasteiger partial charge < -0.3 is 24.4 Å². The molecule has 2 fully saturated rings. The highest BCUT2D eigenvalue weighted by Gasteiger charge is 2.29.